The molecule has 0 atom stereocenters. The molecule has 3 rings (SSSR count). The van der Waals surface area contributed by atoms with Gasteiger partial charge in [-0.25, -0.2) is 15.2 Å². The minimum atomic E-state index is -0.337. The van der Waals surface area contributed by atoms with E-state index >= 15 is 0 Å². The number of morpholine rings is 1. The first kappa shape index (κ1) is 24.0. The molecule has 0 aliphatic carbocycles. The predicted octanol–water partition coefficient (Wildman–Crippen LogP) is 2.72. The first-order chi connectivity index (χ1) is 15.8. The van der Waals surface area contributed by atoms with E-state index in [1.54, 1.807) is 30.5 Å². The van der Waals surface area contributed by atoms with Crippen LogP contribution in [0.2, 0.25) is 0 Å². The molecule has 8 nitrogen and oxygen atoms in total. The lowest BCUT2D eigenvalue weighted by Gasteiger charge is -2.32. The first-order valence-electron chi connectivity index (χ1n) is 10.5. The third-order valence-corrected chi connectivity index (χ3v) is 5.32. The first-order valence-corrected chi connectivity index (χ1v) is 10.5. The Morgan fingerprint density at radius 3 is 2.61 bits per heavy atom. The van der Waals surface area contributed by atoms with Crippen LogP contribution in [0.25, 0.3) is 5.57 Å². The summed E-state index contributed by atoms with van der Waals surface area (Å²) in [6, 6.07) is 10.1. The highest BCUT2D eigenvalue weighted by atomic mass is 19.1. The molecule has 0 unspecified atom stereocenters. The summed E-state index contributed by atoms with van der Waals surface area (Å²) in [6.07, 6.45) is 1.61. The van der Waals surface area contributed by atoms with Gasteiger partial charge in [0.05, 0.1) is 25.5 Å². The second-order valence-corrected chi connectivity index (χ2v) is 7.66. The molecule has 1 aliphatic heterocycles. The molecular formula is C24H30FN7O. The van der Waals surface area contributed by atoms with E-state index in [0.29, 0.717) is 65.9 Å². The molecule has 1 fully saturated rings. The number of pyridine rings is 1. The zero-order valence-corrected chi connectivity index (χ0v) is 18.8. The van der Waals surface area contributed by atoms with Gasteiger partial charge in [-0.05, 0) is 25.1 Å². The summed E-state index contributed by atoms with van der Waals surface area (Å²) in [5.74, 6) is 6.32. The van der Waals surface area contributed by atoms with Crippen molar-refractivity contribution < 1.29 is 9.13 Å². The van der Waals surface area contributed by atoms with Crippen molar-refractivity contribution in [3.05, 3.63) is 89.8 Å². The Balaban J connectivity index is 1.81. The van der Waals surface area contributed by atoms with Gasteiger partial charge in [0.1, 0.15) is 11.7 Å². The molecule has 1 aromatic heterocycles. The van der Waals surface area contributed by atoms with Crippen molar-refractivity contribution in [3.8, 4) is 0 Å². The Morgan fingerprint density at radius 2 is 1.94 bits per heavy atom. The Kier molecular flexibility index (Phi) is 7.81. The van der Waals surface area contributed by atoms with Gasteiger partial charge in [0, 0.05) is 47.4 Å². The Bertz CT molecular complexity index is 1080. The van der Waals surface area contributed by atoms with Gasteiger partial charge < -0.3 is 20.7 Å². The van der Waals surface area contributed by atoms with Crippen molar-refractivity contribution in [1.29, 1.82) is 5.41 Å². The van der Waals surface area contributed by atoms with Gasteiger partial charge in [-0.2, -0.15) is 0 Å². The number of hydrogen-bond acceptors (Lipinski definition) is 7. The summed E-state index contributed by atoms with van der Waals surface area (Å²) in [4.78, 5) is 6.39. The predicted molar refractivity (Wildman–Crippen MR) is 129 cm³/mol. The highest BCUT2D eigenvalue weighted by Crippen LogP contribution is 2.28. The van der Waals surface area contributed by atoms with Crippen molar-refractivity contribution in [2.75, 3.05) is 31.3 Å². The van der Waals surface area contributed by atoms with Crippen LogP contribution in [0.4, 0.5) is 10.2 Å². The summed E-state index contributed by atoms with van der Waals surface area (Å²) >= 11 is 0. The van der Waals surface area contributed by atoms with Crippen LogP contribution in [0.5, 0.6) is 0 Å². The Labute approximate surface area is 193 Å². The molecule has 33 heavy (non-hydrogen) atoms. The average Bonchev–Trinajstić information content (AvgIpc) is 2.80. The Hall–Kier alpha value is -3.69. The van der Waals surface area contributed by atoms with Crippen molar-refractivity contribution in [2.45, 2.75) is 13.5 Å². The highest BCUT2D eigenvalue weighted by molar-refractivity contribution is 5.94. The number of anilines is 1. The molecule has 0 saturated carbocycles. The number of aromatic nitrogens is 1. The van der Waals surface area contributed by atoms with E-state index in [-0.39, 0.29) is 18.2 Å². The lowest BCUT2D eigenvalue weighted by Crippen LogP contribution is -2.41. The number of benzene rings is 1. The van der Waals surface area contributed by atoms with E-state index < -0.39 is 0 Å². The van der Waals surface area contributed by atoms with Gasteiger partial charge in [-0.3, -0.25) is 10.4 Å². The molecule has 2 aromatic rings. The van der Waals surface area contributed by atoms with E-state index in [9.17, 15) is 4.39 Å². The number of nitrogens with zero attached hydrogens (tertiary/aromatic N) is 3. The molecule has 0 spiro atoms. The quantitative estimate of drug-likeness (QED) is 0.152. The second-order valence-electron chi connectivity index (χ2n) is 7.66. The van der Waals surface area contributed by atoms with Gasteiger partial charge >= 0.3 is 0 Å². The van der Waals surface area contributed by atoms with Crippen LogP contribution in [-0.2, 0) is 11.3 Å². The molecule has 2 heterocycles. The molecule has 1 aromatic carbocycles. The zero-order valence-electron chi connectivity index (χ0n) is 18.8. The van der Waals surface area contributed by atoms with Gasteiger partial charge in [0.2, 0.25) is 0 Å². The van der Waals surface area contributed by atoms with Crippen molar-refractivity contribution in [2.24, 2.45) is 11.6 Å². The van der Waals surface area contributed by atoms with Gasteiger partial charge in [-0.15, -0.1) is 0 Å². The number of hydrogen-bond donors (Lipinski definition) is 4. The van der Waals surface area contributed by atoms with E-state index in [1.165, 1.54) is 11.1 Å². The monoisotopic (exact) mass is 451 g/mol. The summed E-state index contributed by atoms with van der Waals surface area (Å²) < 4.78 is 19.5. The van der Waals surface area contributed by atoms with E-state index in [2.05, 4.69) is 23.5 Å². The minimum absolute atomic E-state index is 0.0413. The second kappa shape index (κ2) is 10.8. The van der Waals surface area contributed by atoms with E-state index in [1.807, 2.05) is 17.9 Å². The fourth-order valence-electron chi connectivity index (χ4n) is 3.67. The maximum atomic E-state index is 14.1. The molecule has 1 aliphatic rings. The molecule has 9 heteroatoms. The number of nitrogens with one attached hydrogen (secondary N) is 2. The summed E-state index contributed by atoms with van der Waals surface area (Å²) in [6.45, 7) is 12.7. The standard InChI is InChI=1S/C24H30FN7O/c1-16(17(2)30-18(3)22(23(26)27)31-11-13-33-14-12-31)20-8-6-10-29-24(20)32(28)15-19-7-4-5-9-21(19)25/h4-10,30H,1-2,11-15,28H2,3H3,(H3,26,27). The third kappa shape index (κ3) is 5.76. The topological polar surface area (TPSA) is 117 Å². The van der Waals surface area contributed by atoms with Crippen molar-refractivity contribution >= 4 is 17.2 Å². The van der Waals surface area contributed by atoms with Gasteiger partial charge in [0.15, 0.2) is 5.82 Å². The van der Waals surface area contributed by atoms with Gasteiger partial charge in [-0.1, -0.05) is 31.4 Å². The number of halogens is 1. The number of amidine groups is 1. The molecule has 0 amide bonds. The highest BCUT2D eigenvalue weighted by Gasteiger charge is 2.20. The van der Waals surface area contributed by atoms with Crippen LogP contribution >= 0.6 is 0 Å². The molecule has 1 saturated heterocycles. The van der Waals surface area contributed by atoms with Crippen LogP contribution in [0.3, 0.4) is 0 Å². The summed E-state index contributed by atoms with van der Waals surface area (Å²) in [7, 11) is 0. The van der Waals surface area contributed by atoms with Crippen LogP contribution in [0.15, 0.2) is 72.8 Å². The number of allylic oxidation sites excluding steroid dienone is 2. The number of ether oxygens (including phenoxy) is 1. The SMILES string of the molecule is C=C(NC(C)=C(C(=N)N)N1CCOCC1)C(=C)c1cccnc1N(N)Cc1ccccc1F. The number of nitrogens with two attached hydrogens (primary N) is 2. The van der Waals surface area contributed by atoms with Crippen LogP contribution in [0, 0.1) is 11.2 Å². The number of hydrazine groups is 1. The maximum absolute atomic E-state index is 14.1. The Morgan fingerprint density at radius 1 is 1.24 bits per heavy atom. The summed E-state index contributed by atoms with van der Waals surface area (Å²) in [5, 5.41) is 12.6. The molecule has 6 N–H and O–H groups in total. The molecular weight excluding hydrogens is 421 g/mol. The molecule has 0 bridgehead atoms. The van der Waals surface area contributed by atoms with E-state index in [0.717, 1.165) is 0 Å². The molecule has 0 radical (unpaired) electrons. The lowest BCUT2D eigenvalue weighted by molar-refractivity contribution is 0.0558. The largest absolute Gasteiger partial charge is 0.382 e. The average molecular weight is 452 g/mol. The minimum Gasteiger partial charge on any atom is -0.382 e. The fraction of sp³-hybridized carbons (Fsp3) is 0.250. The smallest absolute Gasteiger partial charge is 0.150 e. The third-order valence-electron chi connectivity index (χ3n) is 5.32. The zero-order chi connectivity index (χ0) is 24.0. The fourth-order valence-corrected chi connectivity index (χ4v) is 3.67. The number of rotatable bonds is 9. The van der Waals surface area contributed by atoms with E-state index in [4.69, 9.17) is 21.7 Å². The molecule has 174 valence electrons. The maximum Gasteiger partial charge on any atom is 0.150 e. The van der Waals surface area contributed by atoms with Crippen molar-refractivity contribution in [3.63, 3.8) is 0 Å². The summed E-state index contributed by atoms with van der Waals surface area (Å²) in [5.41, 5.74) is 9.31. The van der Waals surface area contributed by atoms with Crippen LogP contribution in [-0.4, -0.2) is 42.0 Å². The van der Waals surface area contributed by atoms with Crippen molar-refractivity contribution in [1.82, 2.24) is 15.2 Å². The van der Waals surface area contributed by atoms with Crippen LogP contribution in [0.1, 0.15) is 18.1 Å². The normalized spacial score (nSPS) is 14.3. The van der Waals surface area contributed by atoms with Crippen LogP contribution < -0.4 is 21.9 Å². The van der Waals surface area contributed by atoms with Gasteiger partial charge in [0.25, 0.3) is 0 Å². The lowest BCUT2D eigenvalue weighted by atomic mass is 10.0.